The monoisotopic (exact) mass is 436 g/mol. The number of ether oxygens (including phenoxy) is 2. The third-order valence-corrected chi connectivity index (χ3v) is 6.70. The molecule has 0 spiro atoms. The molecule has 1 saturated heterocycles. The summed E-state index contributed by atoms with van der Waals surface area (Å²) in [6.45, 7) is 3.93. The number of carbonyl (C=O) groups excluding carboxylic acids is 2. The number of methoxy groups -OCH3 is 1. The van der Waals surface area contributed by atoms with Crippen LogP contribution in [0.3, 0.4) is 0 Å². The molecule has 0 aromatic heterocycles. The number of allylic oxidation sites excluding steroid dienone is 1. The Balaban J connectivity index is 1.70. The highest BCUT2D eigenvalue weighted by atomic mass is 32.2. The molecule has 31 heavy (non-hydrogen) atoms. The Morgan fingerprint density at radius 1 is 1.13 bits per heavy atom. The molecule has 6 nitrogen and oxygen atoms in total. The topological polar surface area (TPSA) is 68.2 Å². The number of amides is 1. The van der Waals surface area contributed by atoms with Crippen molar-refractivity contribution in [3.05, 3.63) is 77.0 Å². The number of thioether (sulfide) groups is 1. The normalized spacial score (nSPS) is 20.4. The van der Waals surface area contributed by atoms with Crippen molar-refractivity contribution < 1.29 is 19.1 Å². The molecule has 2 atom stereocenters. The lowest BCUT2D eigenvalue weighted by Crippen LogP contribution is -2.40. The van der Waals surface area contributed by atoms with Crippen molar-refractivity contribution in [3.63, 3.8) is 0 Å². The fourth-order valence-corrected chi connectivity index (χ4v) is 4.89. The predicted octanol–water partition coefficient (Wildman–Crippen LogP) is 4.48. The number of aliphatic imine (C=N–C) groups is 1. The molecule has 0 radical (unpaired) electrons. The molecule has 4 rings (SSSR count). The molecule has 0 bridgehead atoms. The summed E-state index contributed by atoms with van der Waals surface area (Å²) in [6, 6.07) is 16.3. The van der Waals surface area contributed by atoms with Gasteiger partial charge >= 0.3 is 5.97 Å². The highest BCUT2D eigenvalue weighted by molar-refractivity contribution is 8.15. The van der Waals surface area contributed by atoms with Crippen LogP contribution in [0.4, 0.5) is 0 Å². The van der Waals surface area contributed by atoms with E-state index in [0.29, 0.717) is 28.6 Å². The number of hydrogen-bond donors (Lipinski definition) is 0. The van der Waals surface area contributed by atoms with Gasteiger partial charge in [0.15, 0.2) is 5.17 Å². The fourth-order valence-electron chi connectivity index (χ4n) is 3.75. The van der Waals surface area contributed by atoms with E-state index >= 15 is 0 Å². The van der Waals surface area contributed by atoms with Crippen LogP contribution in [0.5, 0.6) is 5.75 Å². The summed E-state index contributed by atoms with van der Waals surface area (Å²) >= 11 is 1.45. The first-order valence-electron chi connectivity index (χ1n) is 10.2. The summed E-state index contributed by atoms with van der Waals surface area (Å²) in [5.74, 6) is 0.201. The number of benzene rings is 2. The maximum absolute atomic E-state index is 13.2. The second kappa shape index (κ2) is 8.98. The molecule has 7 heteroatoms. The molecule has 2 aliphatic rings. The number of amidine groups is 1. The van der Waals surface area contributed by atoms with Gasteiger partial charge in [-0.05, 0) is 36.6 Å². The molecule has 0 saturated carbocycles. The largest absolute Gasteiger partial charge is 0.497 e. The van der Waals surface area contributed by atoms with Crippen LogP contribution in [0.25, 0.3) is 0 Å². The molecule has 160 valence electrons. The van der Waals surface area contributed by atoms with Crippen molar-refractivity contribution in [1.29, 1.82) is 0 Å². The zero-order chi connectivity index (χ0) is 22.0. The van der Waals surface area contributed by atoms with Gasteiger partial charge in [0.25, 0.3) is 0 Å². The predicted molar refractivity (Wildman–Crippen MR) is 121 cm³/mol. The van der Waals surface area contributed by atoms with Gasteiger partial charge in [0.1, 0.15) is 12.4 Å². The van der Waals surface area contributed by atoms with E-state index in [1.54, 1.807) is 18.9 Å². The van der Waals surface area contributed by atoms with E-state index in [-0.39, 0.29) is 17.8 Å². The third-order valence-electron chi connectivity index (χ3n) is 5.39. The van der Waals surface area contributed by atoms with E-state index in [2.05, 4.69) is 4.99 Å². The molecule has 1 fully saturated rings. The second-order valence-corrected chi connectivity index (χ2v) is 8.52. The van der Waals surface area contributed by atoms with Crippen LogP contribution >= 0.6 is 11.8 Å². The molecular weight excluding hydrogens is 412 g/mol. The first-order valence-corrected chi connectivity index (χ1v) is 11.1. The van der Waals surface area contributed by atoms with Crippen molar-refractivity contribution in [3.8, 4) is 5.75 Å². The summed E-state index contributed by atoms with van der Waals surface area (Å²) in [4.78, 5) is 32.6. The smallest absolute Gasteiger partial charge is 0.338 e. The first-order chi connectivity index (χ1) is 15.0. The van der Waals surface area contributed by atoms with Gasteiger partial charge in [-0.15, -0.1) is 0 Å². The number of carbonyl (C=O) groups is 2. The number of rotatable bonds is 6. The third kappa shape index (κ3) is 4.10. The summed E-state index contributed by atoms with van der Waals surface area (Å²) in [6.07, 6.45) is 0.696. The van der Waals surface area contributed by atoms with Crippen molar-refractivity contribution in [2.75, 3.05) is 7.11 Å². The minimum absolute atomic E-state index is 0.0343. The second-order valence-electron chi connectivity index (χ2n) is 7.35. The Bertz CT molecular complexity index is 1050. The Hall–Kier alpha value is -3.06. The van der Waals surface area contributed by atoms with Crippen molar-refractivity contribution in [2.24, 2.45) is 4.99 Å². The van der Waals surface area contributed by atoms with Crippen LogP contribution in [0.2, 0.25) is 0 Å². The van der Waals surface area contributed by atoms with E-state index in [0.717, 1.165) is 11.1 Å². The average molecular weight is 437 g/mol. The van der Waals surface area contributed by atoms with E-state index < -0.39 is 12.0 Å². The van der Waals surface area contributed by atoms with Gasteiger partial charge in [0.05, 0.1) is 29.7 Å². The number of nitrogens with zero attached hydrogens (tertiary/aromatic N) is 2. The summed E-state index contributed by atoms with van der Waals surface area (Å²) in [5.41, 5.74) is 2.66. The quantitative estimate of drug-likeness (QED) is 0.625. The van der Waals surface area contributed by atoms with Gasteiger partial charge in [0, 0.05) is 0 Å². The SMILES string of the molecule is CC[C@@H]1SC2=NC(C)=C(C(=O)OCc3ccccc3)[C@@H](c3ccc(OC)cc3)N2C1=O. The Labute approximate surface area is 185 Å². The van der Waals surface area contributed by atoms with Crippen LogP contribution in [0, 0.1) is 0 Å². The van der Waals surface area contributed by atoms with Gasteiger partial charge in [0.2, 0.25) is 5.91 Å². The maximum atomic E-state index is 13.2. The Morgan fingerprint density at radius 2 is 1.84 bits per heavy atom. The summed E-state index contributed by atoms with van der Waals surface area (Å²) in [7, 11) is 1.60. The van der Waals surface area contributed by atoms with Crippen molar-refractivity contribution >= 4 is 28.8 Å². The Morgan fingerprint density at radius 3 is 2.48 bits per heavy atom. The van der Waals surface area contributed by atoms with Crippen LogP contribution < -0.4 is 4.74 Å². The minimum atomic E-state index is -0.585. The zero-order valence-electron chi connectivity index (χ0n) is 17.7. The molecule has 1 amide bonds. The standard InChI is InChI=1S/C24H24N2O4S/c1-4-19-22(27)26-21(17-10-12-18(29-3)13-11-17)20(15(2)25-24(26)31-19)23(28)30-14-16-8-6-5-7-9-16/h5-13,19,21H,4,14H2,1-3H3/t19-,21+/m0/s1. The van der Waals surface area contributed by atoms with Crippen molar-refractivity contribution in [2.45, 2.75) is 38.2 Å². The van der Waals surface area contributed by atoms with Gasteiger partial charge in [-0.1, -0.05) is 61.2 Å². The van der Waals surface area contributed by atoms with Crippen LogP contribution in [-0.4, -0.2) is 34.3 Å². The molecular formula is C24H24N2O4S. The molecule has 2 aromatic carbocycles. The summed E-state index contributed by atoms with van der Waals surface area (Å²) < 4.78 is 10.9. The number of hydrogen-bond acceptors (Lipinski definition) is 6. The van der Waals surface area contributed by atoms with Gasteiger partial charge < -0.3 is 9.47 Å². The van der Waals surface area contributed by atoms with Crippen LogP contribution in [0.1, 0.15) is 37.4 Å². The molecule has 0 N–H and O–H groups in total. The van der Waals surface area contributed by atoms with Crippen LogP contribution in [0.15, 0.2) is 70.9 Å². The zero-order valence-corrected chi connectivity index (χ0v) is 18.5. The lowest BCUT2D eigenvalue weighted by molar-refractivity contribution is -0.141. The van der Waals surface area contributed by atoms with Gasteiger partial charge in [-0.3, -0.25) is 9.69 Å². The summed E-state index contributed by atoms with van der Waals surface area (Å²) in [5, 5.41) is 0.432. The number of esters is 1. The molecule has 2 aromatic rings. The highest BCUT2D eigenvalue weighted by Gasteiger charge is 2.47. The fraction of sp³-hybridized carbons (Fsp3) is 0.292. The molecule has 2 heterocycles. The lowest BCUT2D eigenvalue weighted by atomic mass is 9.94. The number of fused-ring (bicyclic) bond motifs is 1. The van der Waals surface area contributed by atoms with Crippen molar-refractivity contribution in [1.82, 2.24) is 4.90 Å². The minimum Gasteiger partial charge on any atom is -0.497 e. The van der Waals surface area contributed by atoms with Crippen LogP contribution in [-0.2, 0) is 20.9 Å². The molecule has 0 aliphatic carbocycles. The lowest BCUT2D eigenvalue weighted by Gasteiger charge is -2.33. The van der Waals surface area contributed by atoms with Gasteiger partial charge in [-0.2, -0.15) is 0 Å². The van der Waals surface area contributed by atoms with E-state index in [1.807, 2.05) is 61.5 Å². The highest BCUT2D eigenvalue weighted by Crippen LogP contribution is 2.44. The van der Waals surface area contributed by atoms with E-state index in [4.69, 9.17) is 9.47 Å². The average Bonchev–Trinajstić information content (AvgIpc) is 3.12. The van der Waals surface area contributed by atoms with Gasteiger partial charge in [-0.25, -0.2) is 9.79 Å². The first kappa shape index (κ1) is 21.2. The molecule has 0 unspecified atom stereocenters. The Kier molecular flexibility index (Phi) is 6.13. The van der Waals surface area contributed by atoms with E-state index in [9.17, 15) is 9.59 Å². The maximum Gasteiger partial charge on any atom is 0.338 e. The molecule has 2 aliphatic heterocycles. The van der Waals surface area contributed by atoms with E-state index in [1.165, 1.54) is 11.8 Å².